The molecule has 0 unspecified atom stereocenters. The lowest BCUT2D eigenvalue weighted by Crippen LogP contribution is -2.25. The third-order valence-corrected chi connectivity index (χ3v) is 5.10. The summed E-state index contributed by atoms with van der Waals surface area (Å²) in [5.74, 6) is 1.66. The van der Waals surface area contributed by atoms with Gasteiger partial charge in [0.15, 0.2) is 0 Å². The van der Waals surface area contributed by atoms with Crippen LogP contribution in [0.3, 0.4) is 0 Å². The lowest BCUT2D eigenvalue weighted by atomic mass is 9.68. The summed E-state index contributed by atoms with van der Waals surface area (Å²) >= 11 is 0. The van der Waals surface area contributed by atoms with E-state index in [1.165, 1.54) is 56.1 Å². The standard InChI is InChI=1S/C20H31/c1-5-6-8-16-9-7-10-18(15-16)17-11-13-19(14-12-17)20(2,3)4/h7,9,15,17,19H,5-6,8,11-14H2,1-4H3. The maximum Gasteiger partial charge on any atom is -0.0146 e. The van der Waals surface area contributed by atoms with Crippen molar-refractivity contribution < 1.29 is 0 Å². The van der Waals surface area contributed by atoms with Crippen LogP contribution in [-0.4, -0.2) is 0 Å². The molecule has 1 saturated carbocycles. The Balaban J connectivity index is 1.96. The first kappa shape index (κ1) is 15.6. The van der Waals surface area contributed by atoms with Gasteiger partial charge in [-0.05, 0) is 73.0 Å². The van der Waals surface area contributed by atoms with Gasteiger partial charge in [0.2, 0.25) is 0 Å². The minimum absolute atomic E-state index is 0.484. The Morgan fingerprint density at radius 2 is 1.85 bits per heavy atom. The molecule has 0 bridgehead atoms. The molecule has 0 N–H and O–H groups in total. The molecule has 20 heavy (non-hydrogen) atoms. The van der Waals surface area contributed by atoms with Gasteiger partial charge >= 0.3 is 0 Å². The average molecular weight is 271 g/mol. The van der Waals surface area contributed by atoms with Crippen LogP contribution in [0.2, 0.25) is 0 Å². The van der Waals surface area contributed by atoms with Gasteiger partial charge in [-0.15, -0.1) is 0 Å². The Bertz CT molecular complexity index is 402. The number of unbranched alkanes of at least 4 members (excludes halogenated alkanes) is 1. The molecule has 2 rings (SSSR count). The van der Waals surface area contributed by atoms with Crippen molar-refractivity contribution in [2.24, 2.45) is 11.3 Å². The fraction of sp³-hybridized carbons (Fsp3) is 0.700. The fourth-order valence-electron chi connectivity index (χ4n) is 3.58. The van der Waals surface area contributed by atoms with E-state index < -0.39 is 0 Å². The van der Waals surface area contributed by atoms with Crippen molar-refractivity contribution in [3.05, 3.63) is 35.4 Å². The molecule has 1 fully saturated rings. The molecule has 111 valence electrons. The summed E-state index contributed by atoms with van der Waals surface area (Å²) in [6, 6.07) is 10.3. The van der Waals surface area contributed by atoms with Crippen LogP contribution < -0.4 is 0 Å². The molecule has 1 aliphatic rings. The van der Waals surface area contributed by atoms with E-state index >= 15 is 0 Å². The number of hydrogen-bond donors (Lipinski definition) is 0. The van der Waals surface area contributed by atoms with Gasteiger partial charge in [0, 0.05) is 0 Å². The van der Waals surface area contributed by atoms with Crippen molar-refractivity contribution >= 4 is 0 Å². The molecule has 0 aliphatic heterocycles. The quantitative estimate of drug-likeness (QED) is 0.616. The number of hydrogen-bond acceptors (Lipinski definition) is 0. The van der Waals surface area contributed by atoms with E-state index in [-0.39, 0.29) is 0 Å². The van der Waals surface area contributed by atoms with Gasteiger partial charge in [0.1, 0.15) is 0 Å². The van der Waals surface area contributed by atoms with E-state index in [2.05, 4.69) is 52.0 Å². The smallest absolute Gasteiger partial charge is 0.0146 e. The minimum Gasteiger partial charge on any atom is -0.0654 e. The summed E-state index contributed by atoms with van der Waals surface area (Å²) in [6.45, 7) is 9.46. The van der Waals surface area contributed by atoms with E-state index in [0.29, 0.717) is 5.41 Å². The first-order chi connectivity index (χ1) is 9.50. The number of benzene rings is 1. The molecule has 1 aliphatic carbocycles. The third-order valence-electron chi connectivity index (χ3n) is 5.10. The molecule has 0 nitrogen and oxygen atoms in total. The topological polar surface area (TPSA) is 0 Å². The van der Waals surface area contributed by atoms with Crippen molar-refractivity contribution in [2.75, 3.05) is 0 Å². The zero-order valence-electron chi connectivity index (χ0n) is 13.8. The lowest BCUT2D eigenvalue weighted by Gasteiger charge is -2.37. The molecular formula is C20H31. The van der Waals surface area contributed by atoms with E-state index in [4.69, 9.17) is 0 Å². The summed E-state index contributed by atoms with van der Waals surface area (Å²) in [6.07, 6.45) is 9.31. The molecule has 0 heterocycles. The Kier molecular flexibility index (Phi) is 5.29. The minimum atomic E-state index is 0.484. The largest absolute Gasteiger partial charge is 0.0654 e. The first-order valence-electron chi connectivity index (χ1n) is 8.51. The highest BCUT2D eigenvalue weighted by Gasteiger charge is 2.30. The zero-order chi connectivity index (χ0) is 14.6. The third kappa shape index (κ3) is 4.11. The van der Waals surface area contributed by atoms with Crippen molar-refractivity contribution in [3.63, 3.8) is 0 Å². The normalized spacial score (nSPS) is 23.8. The highest BCUT2D eigenvalue weighted by Crippen LogP contribution is 2.43. The highest BCUT2D eigenvalue weighted by molar-refractivity contribution is 5.26. The molecule has 1 aromatic carbocycles. The van der Waals surface area contributed by atoms with Crippen molar-refractivity contribution in [1.82, 2.24) is 0 Å². The Labute approximate surface area is 126 Å². The van der Waals surface area contributed by atoms with E-state index in [1.54, 1.807) is 0 Å². The van der Waals surface area contributed by atoms with Crippen LogP contribution in [0.25, 0.3) is 0 Å². The zero-order valence-corrected chi connectivity index (χ0v) is 13.8. The molecule has 0 amide bonds. The fourth-order valence-corrected chi connectivity index (χ4v) is 3.58. The average Bonchev–Trinajstić information content (AvgIpc) is 2.45. The Morgan fingerprint density at radius 1 is 1.15 bits per heavy atom. The van der Waals surface area contributed by atoms with E-state index in [9.17, 15) is 0 Å². The lowest BCUT2D eigenvalue weighted by molar-refractivity contribution is 0.169. The Hall–Kier alpha value is -0.780. The van der Waals surface area contributed by atoms with Crippen LogP contribution in [0.4, 0.5) is 0 Å². The van der Waals surface area contributed by atoms with Crippen molar-refractivity contribution in [2.45, 2.75) is 78.6 Å². The molecule has 0 heteroatoms. The van der Waals surface area contributed by atoms with Gasteiger partial charge in [-0.2, -0.15) is 0 Å². The maximum absolute atomic E-state index is 3.51. The SMILES string of the molecule is CCCCc1cc[c]c(C2CCC(C(C)(C)C)CC2)c1. The molecule has 0 saturated heterocycles. The van der Waals surface area contributed by atoms with Crippen LogP contribution in [-0.2, 0) is 6.42 Å². The van der Waals surface area contributed by atoms with Crippen LogP contribution in [0.5, 0.6) is 0 Å². The van der Waals surface area contributed by atoms with Crippen LogP contribution in [0.15, 0.2) is 18.2 Å². The van der Waals surface area contributed by atoms with Gasteiger partial charge in [-0.25, -0.2) is 0 Å². The summed E-state index contributed by atoms with van der Waals surface area (Å²) in [4.78, 5) is 0. The molecule has 0 spiro atoms. The summed E-state index contributed by atoms with van der Waals surface area (Å²) in [5, 5.41) is 0. The van der Waals surface area contributed by atoms with Crippen molar-refractivity contribution in [3.8, 4) is 0 Å². The molecule has 1 aromatic rings. The second-order valence-corrected chi connectivity index (χ2v) is 7.67. The molecule has 0 aromatic heterocycles. The van der Waals surface area contributed by atoms with Gasteiger partial charge in [-0.1, -0.05) is 52.3 Å². The second kappa shape index (κ2) is 6.78. The summed E-state index contributed by atoms with van der Waals surface area (Å²) in [7, 11) is 0. The predicted molar refractivity (Wildman–Crippen MR) is 88.0 cm³/mol. The van der Waals surface area contributed by atoms with Crippen LogP contribution in [0, 0.1) is 17.4 Å². The second-order valence-electron chi connectivity index (χ2n) is 7.67. The molecule has 0 atom stereocenters. The number of aryl methyl sites for hydroxylation is 1. The van der Waals surface area contributed by atoms with E-state index in [0.717, 1.165) is 11.8 Å². The van der Waals surface area contributed by atoms with E-state index in [1.807, 2.05) is 0 Å². The van der Waals surface area contributed by atoms with Crippen LogP contribution >= 0.6 is 0 Å². The first-order valence-corrected chi connectivity index (χ1v) is 8.51. The molecular weight excluding hydrogens is 240 g/mol. The summed E-state index contributed by atoms with van der Waals surface area (Å²) < 4.78 is 0. The maximum atomic E-state index is 3.51. The highest BCUT2D eigenvalue weighted by atomic mass is 14.3. The monoisotopic (exact) mass is 271 g/mol. The number of rotatable bonds is 4. The van der Waals surface area contributed by atoms with Crippen molar-refractivity contribution in [1.29, 1.82) is 0 Å². The van der Waals surface area contributed by atoms with Crippen LogP contribution in [0.1, 0.15) is 83.3 Å². The molecule has 1 radical (unpaired) electrons. The van der Waals surface area contributed by atoms with Gasteiger partial charge < -0.3 is 0 Å². The van der Waals surface area contributed by atoms with Gasteiger partial charge in [-0.3, -0.25) is 0 Å². The predicted octanol–water partition coefficient (Wildman–Crippen LogP) is 6.15. The van der Waals surface area contributed by atoms with Gasteiger partial charge in [0.25, 0.3) is 0 Å². The van der Waals surface area contributed by atoms with Gasteiger partial charge in [0.05, 0.1) is 0 Å². The Morgan fingerprint density at radius 3 is 2.45 bits per heavy atom. The summed E-state index contributed by atoms with van der Waals surface area (Å²) in [5.41, 5.74) is 3.47.